The smallest absolute Gasteiger partial charge is 0.220 e. The lowest BCUT2D eigenvalue weighted by atomic mass is 9.82. The van der Waals surface area contributed by atoms with Gasteiger partial charge in [-0.3, -0.25) is 4.79 Å². The first-order chi connectivity index (χ1) is 12.8. The van der Waals surface area contributed by atoms with Crippen molar-refractivity contribution in [2.75, 3.05) is 0 Å². The Balaban J connectivity index is 1.24. The van der Waals surface area contributed by atoms with Gasteiger partial charge in [-0.05, 0) is 49.3 Å². The topological polar surface area (TPSA) is 57.8 Å². The van der Waals surface area contributed by atoms with E-state index in [2.05, 4.69) is 45.6 Å². The number of imidazole rings is 1. The van der Waals surface area contributed by atoms with Gasteiger partial charge in [0.15, 0.2) is 0 Å². The Hall–Kier alpha value is -2.62. The predicted octanol–water partition coefficient (Wildman–Crippen LogP) is 4.34. The van der Waals surface area contributed by atoms with Crippen LogP contribution in [0.15, 0.2) is 54.6 Å². The molecule has 1 saturated carbocycles. The minimum atomic E-state index is 0.133. The number of nitrogens with one attached hydrogen (secondary N) is 2. The summed E-state index contributed by atoms with van der Waals surface area (Å²) in [5, 5.41) is 3.21. The van der Waals surface area contributed by atoms with Crippen molar-refractivity contribution in [2.24, 2.45) is 0 Å². The highest BCUT2D eigenvalue weighted by atomic mass is 16.1. The highest BCUT2D eigenvalue weighted by Gasteiger charge is 2.23. The standard InChI is InChI=1S/C22H25N3O/c26-22(15-14-21-24-19-8-4-5-9-20(19)25-21)23-18-12-10-17(11-13-18)16-6-2-1-3-7-16/h1-9,17-18H,10-15H2,(H,23,26)(H,24,25). The monoisotopic (exact) mass is 347 g/mol. The van der Waals surface area contributed by atoms with Crippen molar-refractivity contribution >= 4 is 16.9 Å². The van der Waals surface area contributed by atoms with Crippen LogP contribution in [0.25, 0.3) is 11.0 Å². The number of carbonyl (C=O) groups is 1. The van der Waals surface area contributed by atoms with Crippen LogP contribution < -0.4 is 5.32 Å². The third kappa shape index (κ3) is 3.96. The minimum Gasteiger partial charge on any atom is -0.353 e. The minimum absolute atomic E-state index is 0.133. The molecular weight excluding hydrogens is 322 g/mol. The molecule has 4 nitrogen and oxygen atoms in total. The molecule has 0 radical (unpaired) electrons. The summed E-state index contributed by atoms with van der Waals surface area (Å²) in [6.07, 6.45) is 5.57. The summed E-state index contributed by atoms with van der Waals surface area (Å²) < 4.78 is 0. The molecule has 0 spiro atoms. The third-order valence-corrected chi connectivity index (χ3v) is 5.39. The van der Waals surface area contributed by atoms with Crippen molar-refractivity contribution < 1.29 is 4.79 Å². The van der Waals surface area contributed by atoms with Crippen LogP contribution in [0, 0.1) is 0 Å². The number of carbonyl (C=O) groups excluding carboxylic acids is 1. The molecule has 1 fully saturated rings. The van der Waals surface area contributed by atoms with Crippen LogP contribution in [-0.2, 0) is 11.2 Å². The van der Waals surface area contributed by atoms with Crippen molar-refractivity contribution in [1.29, 1.82) is 0 Å². The summed E-state index contributed by atoms with van der Waals surface area (Å²) in [6, 6.07) is 19.0. The number of aromatic nitrogens is 2. The SMILES string of the molecule is O=C(CCc1nc2ccccc2[nH]1)NC1CCC(c2ccccc2)CC1. The third-order valence-electron chi connectivity index (χ3n) is 5.39. The number of para-hydroxylation sites is 2. The van der Waals surface area contributed by atoms with Gasteiger partial charge >= 0.3 is 0 Å². The predicted molar refractivity (Wildman–Crippen MR) is 104 cm³/mol. The molecule has 0 bridgehead atoms. The maximum Gasteiger partial charge on any atom is 0.220 e. The Bertz CT molecular complexity index is 830. The van der Waals surface area contributed by atoms with Gasteiger partial charge in [0.05, 0.1) is 11.0 Å². The maximum absolute atomic E-state index is 12.3. The number of H-pyrrole nitrogens is 1. The zero-order chi connectivity index (χ0) is 17.8. The van der Waals surface area contributed by atoms with Gasteiger partial charge in [-0.1, -0.05) is 42.5 Å². The normalized spacial score (nSPS) is 20.2. The molecule has 1 aromatic heterocycles. The lowest BCUT2D eigenvalue weighted by Crippen LogP contribution is -2.37. The average molecular weight is 347 g/mol. The largest absolute Gasteiger partial charge is 0.353 e. The van der Waals surface area contributed by atoms with Crippen molar-refractivity contribution in [2.45, 2.75) is 50.5 Å². The average Bonchev–Trinajstić information content (AvgIpc) is 3.11. The number of aryl methyl sites for hydroxylation is 1. The fourth-order valence-electron chi connectivity index (χ4n) is 3.95. The van der Waals surface area contributed by atoms with E-state index in [1.807, 2.05) is 24.3 Å². The Morgan fingerprint density at radius 1 is 1.00 bits per heavy atom. The molecular formula is C22H25N3O. The zero-order valence-corrected chi connectivity index (χ0v) is 14.9. The summed E-state index contributed by atoms with van der Waals surface area (Å²) in [7, 11) is 0. The van der Waals surface area contributed by atoms with Gasteiger partial charge in [-0.15, -0.1) is 0 Å². The highest BCUT2D eigenvalue weighted by Crippen LogP contribution is 2.32. The van der Waals surface area contributed by atoms with Gasteiger partial charge in [-0.2, -0.15) is 0 Å². The molecule has 3 aromatic rings. The van der Waals surface area contributed by atoms with E-state index >= 15 is 0 Å². The van der Waals surface area contributed by atoms with Crippen molar-refractivity contribution in [3.05, 3.63) is 66.0 Å². The Morgan fingerprint density at radius 3 is 2.50 bits per heavy atom. The van der Waals surface area contributed by atoms with Crippen molar-refractivity contribution in [3.8, 4) is 0 Å². The molecule has 26 heavy (non-hydrogen) atoms. The van der Waals surface area contributed by atoms with Gasteiger partial charge in [0.2, 0.25) is 5.91 Å². The van der Waals surface area contributed by atoms with Crippen LogP contribution in [0.5, 0.6) is 0 Å². The number of nitrogens with zero attached hydrogens (tertiary/aromatic N) is 1. The Labute approximate surface area is 154 Å². The van der Waals surface area contributed by atoms with Crippen molar-refractivity contribution in [1.82, 2.24) is 15.3 Å². The fourth-order valence-corrected chi connectivity index (χ4v) is 3.95. The summed E-state index contributed by atoms with van der Waals surface area (Å²) in [5.74, 6) is 1.66. The quantitative estimate of drug-likeness (QED) is 0.721. The van der Waals surface area contributed by atoms with Gasteiger partial charge in [-0.25, -0.2) is 4.98 Å². The number of benzene rings is 2. The molecule has 1 heterocycles. The first-order valence-electron chi connectivity index (χ1n) is 9.56. The maximum atomic E-state index is 12.3. The lowest BCUT2D eigenvalue weighted by Gasteiger charge is -2.29. The van der Waals surface area contributed by atoms with E-state index in [-0.39, 0.29) is 5.91 Å². The van der Waals surface area contributed by atoms with E-state index in [4.69, 9.17) is 0 Å². The Kier molecular flexibility index (Phi) is 5.00. The number of hydrogen-bond donors (Lipinski definition) is 2. The molecule has 1 aliphatic rings. The van der Waals surface area contributed by atoms with Crippen LogP contribution in [0.1, 0.15) is 49.4 Å². The zero-order valence-electron chi connectivity index (χ0n) is 14.9. The second-order valence-electron chi connectivity index (χ2n) is 7.23. The van der Waals surface area contributed by atoms with Crippen molar-refractivity contribution in [3.63, 3.8) is 0 Å². The number of amides is 1. The first kappa shape index (κ1) is 16.8. The van der Waals surface area contributed by atoms with E-state index < -0.39 is 0 Å². The van der Waals surface area contributed by atoms with Crippen LogP contribution >= 0.6 is 0 Å². The van der Waals surface area contributed by atoms with E-state index in [9.17, 15) is 4.79 Å². The summed E-state index contributed by atoms with van der Waals surface area (Å²) >= 11 is 0. The molecule has 4 rings (SSSR count). The molecule has 0 unspecified atom stereocenters. The first-order valence-corrected chi connectivity index (χ1v) is 9.56. The van der Waals surface area contributed by atoms with Gasteiger partial charge < -0.3 is 10.3 Å². The second kappa shape index (κ2) is 7.73. The number of aromatic amines is 1. The molecule has 4 heteroatoms. The number of fused-ring (bicyclic) bond motifs is 1. The molecule has 1 aliphatic carbocycles. The van der Waals surface area contributed by atoms with Crippen LogP contribution in [0.3, 0.4) is 0 Å². The van der Waals surface area contributed by atoms with Gasteiger partial charge in [0, 0.05) is 18.9 Å². The molecule has 0 atom stereocenters. The second-order valence-corrected chi connectivity index (χ2v) is 7.23. The molecule has 0 saturated heterocycles. The van der Waals surface area contributed by atoms with E-state index in [1.54, 1.807) is 0 Å². The van der Waals surface area contributed by atoms with E-state index in [0.29, 0.717) is 24.8 Å². The van der Waals surface area contributed by atoms with Crippen LogP contribution in [-0.4, -0.2) is 21.9 Å². The Morgan fingerprint density at radius 2 is 1.73 bits per heavy atom. The van der Waals surface area contributed by atoms with Crippen LogP contribution in [0.4, 0.5) is 0 Å². The molecule has 0 aliphatic heterocycles. The number of rotatable bonds is 5. The van der Waals surface area contributed by atoms with E-state index in [1.165, 1.54) is 5.56 Å². The van der Waals surface area contributed by atoms with Gasteiger partial charge in [0.1, 0.15) is 5.82 Å². The van der Waals surface area contributed by atoms with E-state index in [0.717, 1.165) is 42.5 Å². The van der Waals surface area contributed by atoms with Crippen LogP contribution in [0.2, 0.25) is 0 Å². The fraction of sp³-hybridized carbons (Fsp3) is 0.364. The summed E-state index contributed by atoms with van der Waals surface area (Å²) in [6.45, 7) is 0. The summed E-state index contributed by atoms with van der Waals surface area (Å²) in [5.41, 5.74) is 3.42. The van der Waals surface area contributed by atoms with Gasteiger partial charge in [0.25, 0.3) is 0 Å². The molecule has 134 valence electrons. The number of hydrogen-bond acceptors (Lipinski definition) is 2. The molecule has 1 amide bonds. The summed E-state index contributed by atoms with van der Waals surface area (Å²) in [4.78, 5) is 20.1. The lowest BCUT2D eigenvalue weighted by molar-refractivity contribution is -0.122. The molecule has 2 aromatic carbocycles. The molecule has 2 N–H and O–H groups in total. The highest BCUT2D eigenvalue weighted by molar-refractivity contribution is 5.77.